The summed E-state index contributed by atoms with van der Waals surface area (Å²) in [5.41, 5.74) is 0. The van der Waals surface area contributed by atoms with Crippen LogP contribution in [0.4, 0.5) is 13.2 Å². The number of sulfonamides is 1. The summed E-state index contributed by atoms with van der Waals surface area (Å²) in [7, 11) is -3.60. The van der Waals surface area contributed by atoms with Gasteiger partial charge in [0.2, 0.25) is 10.0 Å². The first-order valence-corrected chi connectivity index (χ1v) is 8.45. The van der Waals surface area contributed by atoms with E-state index in [-0.39, 0.29) is 11.3 Å². The minimum absolute atomic E-state index is 0.166. The third-order valence-electron chi connectivity index (χ3n) is 3.24. The molecule has 0 aromatic rings. The summed E-state index contributed by atoms with van der Waals surface area (Å²) in [6.07, 6.45) is -2.31. The molecule has 1 N–H and O–H groups in total. The molecule has 1 rings (SSSR count). The highest BCUT2D eigenvalue weighted by molar-refractivity contribution is 7.89. The van der Waals surface area contributed by atoms with Gasteiger partial charge in [-0.2, -0.15) is 13.2 Å². The van der Waals surface area contributed by atoms with E-state index in [1.165, 1.54) is 0 Å². The summed E-state index contributed by atoms with van der Waals surface area (Å²) in [6.45, 7) is 0.304. The van der Waals surface area contributed by atoms with Crippen LogP contribution < -0.4 is 4.72 Å². The molecule has 0 atom stereocenters. The molecule has 19 heavy (non-hydrogen) atoms. The first-order chi connectivity index (χ1) is 8.68. The van der Waals surface area contributed by atoms with Gasteiger partial charge in [-0.1, -0.05) is 0 Å². The lowest BCUT2D eigenvalue weighted by atomic mass is 9.89. The molecule has 114 valence electrons. The molecule has 0 bridgehead atoms. The molecule has 1 fully saturated rings. The van der Waals surface area contributed by atoms with Crippen LogP contribution in [-0.2, 0) is 10.0 Å². The molecule has 1 aliphatic rings. The van der Waals surface area contributed by atoms with Crippen LogP contribution in [0.5, 0.6) is 0 Å². The van der Waals surface area contributed by atoms with Gasteiger partial charge in [0.1, 0.15) is 0 Å². The van der Waals surface area contributed by atoms with Crippen molar-refractivity contribution < 1.29 is 21.6 Å². The van der Waals surface area contributed by atoms with E-state index < -0.39 is 34.8 Å². The van der Waals surface area contributed by atoms with Crippen molar-refractivity contribution in [1.82, 2.24) is 4.72 Å². The number of rotatable bonds is 6. The first-order valence-electron chi connectivity index (χ1n) is 6.36. The van der Waals surface area contributed by atoms with Gasteiger partial charge in [-0.3, -0.25) is 0 Å². The van der Waals surface area contributed by atoms with Crippen molar-refractivity contribution in [3.63, 3.8) is 0 Å². The molecule has 0 saturated heterocycles. The largest absolute Gasteiger partial charge is 0.389 e. The Hall–Kier alpha value is -0.0100. The molecule has 0 aromatic heterocycles. The fourth-order valence-corrected chi connectivity index (χ4v) is 3.52. The van der Waals surface area contributed by atoms with Crippen molar-refractivity contribution >= 4 is 21.6 Å². The van der Waals surface area contributed by atoms with Crippen LogP contribution in [0.3, 0.4) is 0 Å². The second kappa shape index (κ2) is 7.13. The highest BCUT2D eigenvalue weighted by Crippen LogP contribution is 2.27. The quantitative estimate of drug-likeness (QED) is 0.764. The average Bonchev–Trinajstić information content (AvgIpc) is 2.26. The smallest absolute Gasteiger partial charge is 0.215 e. The van der Waals surface area contributed by atoms with Crippen LogP contribution in [-0.4, -0.2) is 32.3 Å². The van der Waals surface area contributed by atoms with Crippen LogP contribution in [0.25, 0.3) is 0 Å². The fourth-order valence-electron chi connectivity index (χ4n) is 2.11. The Bertz CT molecular complexity index is 365. The molecule has 0 amide bonds. The molecule has 1 saturated carbocycles. The maximum atomic E-state index is 11.9. The molecule has 0 heterocycles. The van der Waals surface area contributed by atoms with E-state index in [2.05, 4.69) is 4.72 Å². The highest BCUT2D eigenvalue weighted by atomic mass is 35.5. The Morgan fingerprint density at radius 1 is 1.16 bits per heavy atom. The van der Waals surface area contributed by atoms with Crippen molar-refractivity contribution in [3.8, 4) is 0 Å². The number of hydrogen-bond acceptors (Lipinski definition) is 2. The minimum atomic E-state index is -4.30. The molecular weight excluding hydrogens is 303 g/mol. The summed E-state index contributed by atoms with van der Waals surface area (Å²) in [5.74, 6) is -0.232. The lowest BCUT2D eigenvalue weighted by Crippen LogP contribution is -2.33. The summed E-state index contributed by atoms with van der Waals surface area (Å²) in [5, 5.41) is 0.166. The van der Waals surface area contributed by atoms with Crippen molar-refractivity contribution in [2.24, 2.45) is 5.92 Å². The van der Waals surface area contributed by atoms with Crippen LogP contribution in [0.2, 0.25) is 0 Å². The lowest BCUT2D eigenvalue weighted by Gasteiger charge is -2.25. The topological polar surface area (TPSA) is 46.2 Å². The van der Waals surface area contributed by atoms with Gasteiger partial charge in [0.05, 0.1) is 5.75 Å². The number of halogens is 4. The van der Waals surface area contributed by atoms with Gasteiger partial charge in [-0.25, -0.2) is 13.1 Å². The first kappa shape index (κ1) is 17.0. The van der Waals surface area contributed by atoms with E-state index >= 15 is 0 Å². The van der Waals surface area contributed by atoms with Crippen LogP contribution in [0.1, 0.15) is 38.5 Å². The molecule has 0 spiro atoms. The van der Waals surface area contributed by atoms with Crippen LogP contribution in [0, 0.1) is 5.92 Å². The normalized spacial score (nSPS) is 25.5. The second-order valence-electron chi connectivity index (χ2n) is 5.00. The van der Waals surface area contributed by atoms with Crippen LogP contribution >= 0.6 is 11.6 Å². The fraction of sp³-hybridized carbons (Fsp3) is 1.00. The van der Waals surface area contributed by atoms with E-state index in [1.807, 2.05) is 0 Å². The average molecular weight is 322 g/mol. The van der Waals surface area contributed by atoms with Crippen molar-refractivity contribution in [3.05, 3.63) is 0 Å². The monoisotopic (exact) mass is 321 g/mol. The molecule has 0 aromatic carbocycles. The molecular formula is C11H19ClF3NO2S. The molecule has 1 aliphatic carbocycles. The molecule has 0 unspecified atom stereocenters. The van der Waals surface area contributed by atoms with Gasteiger partial charge in [-0.05, 0) is 38.0 Å². The van der Waals surface area contributed by atoms with Gasteiger partial charge in [-0.15, -0.1) is 11.6 Å². The maximum Gasteiger partial charge on any atom is 0.389 e. The van der Waals surface area contributed by atoms with E-state index in [0.29, 0.717) is 6.54 Å². The minimum Gasteiger partial charge on any atom is -0.215 e. The predicted molar refractivity (Wildman–Crippen MR) is 68.7 cm³/mol. The maximum absolute atomic E-state index is 11.9. The Morgan fingerprint density at radius 3 is 2.26 bits per heavy atom. The summed E-state index contributed by atoms with van der Waals surface area (Å²) in [6, 6.07) is 0. The van der Waals surface area contributed by atoms with Crippen LogP contribution in [0.15, 0.2) is 0 Å². The Labute approximate surface area is 116 Å². The molecule has 8 heteroatoms. The Kier molecular flexibility index (Phi) is 6.39. The third kappa shape index (κ3) is 7.99. The Morgan fingerprint density at radius 2 is 1.74 bits per heavy atom. The zero-order chi connectivity index (χ0) is 14.5. The number of alkyl halides is 4. The predicted octanol–water partition coefficient (Wildman–Crippen LogP) is 3.05. The van der Waals surface area contributed by atoms with Gasteiger partial charge < -0.3 is 0 Å². The third-order valence-corrected chi connectivity index (χ3v) is 5.11. The molecule has 0 radical (unpaired) electrons. The van der Waals surface area contributed by atoms with E-state index in [9.17, 15) is 21.6 Å². The van der Waals surface area contributed by atoms with Gasteiger partial charge in [0.15, 0.2) is 0 Å². The molecule has 0 aliphatic heterocycles. The number of hydrogen-bond donors (Lipinski definition) is 1. The zero-order valence-electron chi connectivity index (χ0n) is 10.5. The molecule has 3 nitrogen and oxygen atoms in total. The summed E-state index contributed by atoms with van der Waals surface area (Å²) >= 11 is 5.94. The van der Waals surface area contributed by atoms with E-state index in [4.69, 9.17) is 11.6 Å². The lowest BCUT2D eigenvalue weighted by molar-refractivity contribution is -0.134. The number of nitrogens with one attached hydrogen (secondary N) is 1. The zero-order valence-corrected chi connectivity index (χ0v) is 12.1. The van der Waals surface area contributed by atoms with Gasteiger partial charge >= 0.3 is 6.18 Å². The van der Waals surface area contributed by atoms with E-state index in [1.54, 1.807) is 0 Å². The summed E-state index contributed by atoms with van der Waals surface area (Å²) < 4.78 is 61.2. The summed E-state index contributed by atoms with van der Waals surface area (Å²) in [4.78, 5) is 0. The van der Waals surface area contributed by atoms with Gasteiger partial charge in [0, 0.05) is 18.3 Å². The van der Waals surface area contributed by atoms with Crippen molar-refractivity contribution in [2.75, 3.05) is 12.3 Å². The van der Waals surface area contributed by atoms with E-state index in [0.717, 1.165) is 25.7 Å². The second-order valence-corrected chi connectivity index (χ2v) is 7.55. The standard InChI is InChI=1S/C11H19ClF3NO2S/c12-10-4-2-9(3-5-10)8-16-19(17,18)7-1-6-11(13,14)15/h9-10,16H,1-8H2. The Balaban J connectivity index is 2.23. The van der Waals surface area contributed by atoms with Crippen molar-refractivity contribution in [1.29, 1.82) is 0 Å². The highest BCUT2D eigenvalue weighted by Gasteiger charge is 2.27. The van der Waals surface area contributed by atoms with Gasteiger partial charge in [0.25, 0.3) is 0 Å². The van der Waals surface area contributed by atoms with Crippen molar-refractivity contribution in [2.45, 2.75) is 50.1 Å². The SMILES string of the molecule is O=S(=O)(CCCC(F)(F)F)NCC1CCC(Cl)CC1.